The summed E-state index contributed by atoms with van der Waals surface area (Å²) in [5, 5.41) is 77.1. The summed E-state index contributed by atoms with van der Waals surface area (Å²) >= 11 is 0. The molecule has 0 aliphatic carbocycles. The molecule has 0 aliphatic heterocycles. The molecule has 44 nitrogen and oxygen atoms in total. The predicted molar refractivity (Wildman–Crippen MR) is 407 cm³/mol. The third-order valence-corrected chi connectivity index (χ3v) is 17.0. The average molecular weight is 1620 g/mol. The average Bonchev–Trinajstić information content (AvgIpc) is 0.853. The summed E-state index contributed by atoms with van der Waals surface area (Å²) in [6.45, 7) is 13.8. The molecule has 0 aromatic carbocycles. The number of hydrogen-bond acceptors (Lipinski definition) is 23. The zero-order valence-electron chi connectivity index (χ0n) is 65.7. The number of unbranched alkanes of at least 4 members (excludes halogenated alkanes) is 2. The molecule has 1 aromatic heterocycles. The summed E-state index contributed by atoms with van der Waals surface area (Å²) in [6, 6.07) is -21.5. The van der Waals surface area contributed by atoms with Crippen molar-refractivity contribution >= 4 is 113 Å². The maximum absolute atomic E-state index is 14.7. The van der Waals surface area contributed by atoms with E-state index in [4.69, 9.17) is 39.5 Å². The van der Waals surface area contributed by atoms with Crippen LogP contribution >= 0.6 is 0 Å². The molecule has 0 fully saturated rings. The van der Waals surface area contributed by atoms with E-state index in [0.29, 0.717) is 19.4 Å². The highest BCUT2D eigenvalue weighted by Crippen LogP contribution is 2.16. The molecule has 30 N–H and O–H groups in total. The lowest BCUT2D eigenvalue weighted by Gasteiger charge is -2.29. The minimum atomic E-state index is -2.02. The minimum absolute atomic E-state index is 0.00938. The number of carbonyl (C=O) groups excluding carboxylic acids is 13. The number of carboxylic acids is 5. The maximum Gasteiger partial charge on any atom is 0.326 e. The minimum Gasteiger partial charge on any atom is -0.481 e. The van der Waals surface area contributed by atoms with Gasteiger partial charge < -0.3 is 129 Å². The molecule has 0 bridgehead atoms. The lowest BCUT2D eigenvalue weighted by Crippen LogP contribution is -2.61. The van der Waals surface area contributed by atoms with Gasteiger partial charge in [-0.3, -0.25) is 86.5 Å². The second kappa shape index (κ2) is 52.9. The van der Waals surface area contributed by atoms with Crippen LogP contribution in [0.25, 0.3) is 0 Å². The number of hydrogen-bond donors (Lipinski definition) is 24. The molecule has 1 aromatic rings. The SMILES string of the molecule is CC(C)C[C@H](NC(=O)[C@H](CC(C)C)NC(=O)[C@H](CCCN=C(N)N)NC(=O)[C@H](CC(C)C)NC(=O)[C@H](CC(C)C)NC(=O)[C@H](CCC(N)=O)NC(=O)[C@H](Cc1cnc[nH]1)NC(=O)[C@H](CC(=O)O)NC(=O)[C@@H](N)CCCCN)C(=O)N[C@@H](CC(=O)O)C(=O)N[C@@H](CCCCN)C(=O)N[C@@H](CC(=O)O)C(=O)N[C@@H](CCC(=O)O)C(=O)O. The van der Waals surface area contributed by atoms with Crippen molar-refractivity contribution in [2.45, 2.75) is 262 Å². The molecule has 114 heavy (non-hydrogen) atoms. The number of carboxylic acid groups (broad SMARTS) is 5. The third-order valence-electron chi connectivity index (χ3n) is 17.0. The summed E-state index contributed by atoms with van der Waals surface area (Å²) in [6.07, 6.45) is -3.05. The number of nitrogens with two attached hydrogens (primary N) is 6. The van der Waals surface area contributed by atoms with Crippen molar-refractivity contribution in [3.05, 3.63) is 18.2 Å². The highest BCUT2D eigenvalue weighted by molar-refractivity contribution is 6.01. The van der Waals surface area contributed by atoms with Crippen molar-refractivity contribution in [3.8, 4) is 0 Å². The van der Waals surface area contributed by atoms with Crippen LogP contribution in [0.1, 0.15) is 183 Å². The number of carbonyl (C=O) groups is 18. The van der Waals surface area contributed by atoms with Crippen molar-refractivity contribution in [2.75, 3.05) is 19.6 Å². The summed E-state index contributed by atoms with van der Waals surface area (Å²) < 4.78 is 0. The number of amides is 13. The van der Waals surface area contributed by atoms with Crippen molar-refractivity contribution in [1.29, 1.82) is 0 Å². The van der Waals surface area contributed by atoms with Crippen LogP contribution < -0.4 is 98.2 Å². The van der Waals surface area contributed by atoms with E-state index in [1.807, 2.05) is 5.32 Å². The molecule has 13 atom stereocenters. The van der Waals surface area contributed by atoms with Crippen LogP contribution in [0.2, 0.25) is 0 Å². The molecule has 13 amide bonds. The van der Waals surface area contributed by atoms with Gasteiger partial charge >= 0.3 is 29.8 Å². The highest BCUT2D eigenvalue weighted by Gasteiger charge is 2.39. The standard InChI is InChI=1S/C70H119N21O23/c1-34(2)24-44(87-63(107)46(26-36(5)6)86-60(104)42(17-19-52(74)92)82-65(109)48(28-38-32-77-33-79-38)89-68(112)49(29-54(95)96)84-57(101)39(73)14-9-11-21-71)61(105)81-41(16-13-23-78-70(75)76)59(103)85-45(25-35(3)4)62(106)88-47(27-37(7)8)64(108)91-50(30-55(97)98)66(110)80-40(15-10-12-22-72)58(102)90-51(31-56(99)100)67(111)83-43(69(113)114)18-20-53(93)94/h32-37,39-51H,9-31,71-73H2,1-8H3,(H2,74,92)(H,77,79)(H,80,110)(H,81,105)(H,82,109)(H,83,111)(H,84,101)(H,85,103)(H,86,104)(H,87,107)(H,88,106)(H,89,112)(H,90,102)(H,91,108)(H,93,94)(H,95,96)(H,97,98)(H,99,100)(H,113,114)(H4,75,76,78)/t39-,40-,41-,42-,43-,44-,45-,46-,47-,48-,49-,50-,51-/m0/s1. The van der Waals surface area contributed by atoms with E-state index >= 15 is 0 Å². The van der Waals surface area contributed by atoms with E-state index in [1.165, 1.54) is 12.5 Å². The van der Waals surface area contributed by atoms with Gasteiger partial charge in [0.25, 0.3) is 0 Å². The molecule has 0 unspecified atom stereocenters. The van der Waals surface area contributed by atoms with Gasteiger partial charge in [-0.2, -0.15) is 0 Å². The number of aromatic amines is 1. The largest absolute Gasteiger partial charge is 0.481 e. The fourth-order valence-electron chi connectivity index (χ4n) is 11.3. The van der Waals surface area contributed by atoms with Gasteiger partial charge in [0.2, 0.25) is 76.8 Å². The Bertz CT molecular complexity index is 3430. The van der Waals surface area contributed by atoms with E-state index in [0.717, 1.165) is 0 Å². The fraction of sp³-hybridized carbons (Fsp3) is 0.686. The Kier molecular flexibility index (Phi) is 46.8. The van der Waals surface area contributed by atoms with Gasteiger partial charge in [-0.1, -0.05) is 61.8 Å². The smallest absolute Gasteiger partial charge is 0.326 e. The number of aliphatic imine (C=N–C) groups is 1. The van der Waals surface area contributed by atoms with E-state index in [1.54, 1.807) is 55.4 Å². The number of imidazole rings is 1. The third kappa shape index (κ3) is 41.9. The van der Waals surface area contributed by atoms with Crippen LogP contribution in [-0.4, -0.2) is 246 Å². The molecule has 0 aliphatic rings. The first-order chi connectivity index (χ1) is 53.4. The van der Waals surface area contributed by atoms with Crippen molar-refractivity contribution < 1.29 is 112 Å². The molecule has 0 radical (unpaired) electrons. The number of aromatic nitrogens is 2. The van der Waals surface area contributed by atoms with Crippen LogP contribution in [0, 0.1) is 23.7 Å². The highest BCUT2D eigenvalue weighted by atomic mass is 16.4. The molecular formula is C70H119N21O23. The molecule has 0 saturated heterocycles. The number of aliphatic carboxylic acids is 5. The number of nitrogens with one attached hydrogen (secondary N) is 13. The normalized spacial score (nSPS) is 14.6. The monoisotopic (exact) mass is 1620 g/mol. The molecule has 44 heteroatoms. The number of rotatable bonds is 59. The van der Waals surface area contributed by atoms with Gasteiger partial charge in [0, 0.05) is 37.7 Å². The fourth-order valence-corrected chi connectivity index (χ4v) is 11.3. The van der Waals surface area contributed by atoms with Gasteiger partial charge in [0.15, 0.2) is 5.96 Å². The second-order valence-electron chi connectivity index (χ2n) is 29.2. The Labute approximate surface area is 659 Å². The van der Waals surface area contributed by atoms with Crippen molar-refractivity contribution in [3.63, 3.8) is 0 Å². The van der Waals surface area contributed by atoms with Crippen molar-refractivity contribution in [2.24, 2.45) is 63.1 Å². The zero-order chi connectivity index (χ0) is 86.6. The van der Waals surface area contributed by atoms with E-state index in [2.05, 4.69) is 73.4 Å². The number of nitrogens with zero attached hydrogens (tertiary/aromatic N) is 2. The molecular weight excluding hydrogens is 1500 g/mol. The van der Waals surface area contributed by atoms with Gasteiger partial charge in [0.05, 0.1) is 31.6 Å². The summed E-state index contributed by atoms with van der Waals surface area (Å²) in [5.74, 6) is -23.8. The number of H-pyrrole nitrogens is 1. The first-order valence-corrected chi connectivity index (χ1v) is 37.6. The Morgan fingerprint density at radius 2 is 0.667 bits per heavy atom. The first kappa shape index (κ1) is 101. The van der Waals surface area contributed by atoms with Crippen molar-refractivity contribution in [1.82, 2.24) is 73.8 Å². The zero-order valence-corrected chi connectivity index (χ0v) is 65.7. The lowest BCUT2D eigenvalue weighted by molar-refractivity contribution is -0.144. The maximum atomic E-state index is 14.7. The Hall–Kier alpha value is -11.2. The van der Waals surface area contributed by atoms with Crippen LogP contribution in [0.15, 0.2) is 17.5 Å². The summed E-state index contributed by atoms with van der Waals surface area (Å²) in [4.78, 5) is 252. The van der Waals surface area contributed by atoms with E-state index in [-0.39, 0.29) is 107 Å². The molecule has 0 saturated carbocycles. The summed E-state index contributed by atoms with van der Waals surface area (Å²) in [5.41, 5.74) is 34.2. The molecule has 642 valence electrons. The van der Waals surface area contributed by atoms with E-state index in [9.17, 15) is 107 Å². The molecule has 1 rings (SSSR count). The van der Waals surface area contributed by atoms with Gasteiger partial charge in [0.1, 0.15) is 72.5 Å². The molecule has 0 spiro atoms. The van der Waals surface area contributed by atoms with Crippen LogP contribution in [-0.2, 0) is 92.7 Å². The van der Waals surface area contributed by atoms with Crippen LogP contribution in [0.5, 0.6) is 0 Å². The first-order valence-electron chi connectivity index (χ1n) is 37.6. The van der Waals surface area contributed by atoms with Crippen LogP contribution in [0.4, 0.5) is 0 Å². The topological polar surface area (TPSA) is 750 Å². The van der Waals surface area contributed by atoms with Gasteiger partial charge in [-0.25, -0.2) is 9.78 Å². The number of guanidine groups is 1. The predicted octanol–water partition coefficient (Wildman–Crippen LogP) is -5.77. The van der Waals surface area contributed by atoms with E-state index < -0.39 is 242 Å². The second-order valence-corrected chi connectivity index (χ2v) is 29.2. The molecule has 1 heterocycles. The Morgan fingerprint density at radius 1 is 0.368 bits per heavy atom. The Morgan fingerprint density at radius 3 is 0.991 bits per heavy atom. The quantitative estimate of drug-likeness (QED) is 0.0164. The van der Waals surface area contributed by atoms with Crippen LogP contribution in [0.3, 0.4) is 0 Å². The van der Waals surface area contributed by atoms with Gasteiger partial charge in [-0.05, 0) is 120 Å². The Balaban J connectivity index is 3.79. The lowest BCUT2D eigenvalue weighted by atomic mass is 9.98. The number of primary amides is 1. The summed E-state index contributed by atoms with van der Waals surface area (Å²) in [7, 11) is 0. The van der Waals surface area contributed by atoms with Gasteiger partial charge in [-0.15, -0.1) is 0 Å².